The van der Waals surface area contributed by atoms with Gasteiger partial charge in [0.1, 0.15) is 11.6 Å². The van der Waals surface area contributed by atoms with E-state index in [1.165, 1.54) is 23.3 Å². The van der Waals surface area contributed by atoms with Crippen LogP contribution >= 0.6 is 11.3 Å². The van der Waals surface area contributed by atoms with E-state index in [1.54, 1.807) is 43.5 Å². The first-order valence-electron chi connectivity index (χ1n) is 10.6. The standard InChI is InChI=1S/C26H18N2O5S/c1-31-18-12-7-9-15(23(18)32-2)21-20-22(29)14-8-3-5-11-17(14)33-24(20)25(30)28(21)26-27-16-10-4-6-13-19(16)34-26/h3-13,21H,1-2H3/t21-/m1/s1. The van der Waals surface area contributed by atoms with Gasteiger partial charge in [0.05, 0.1) is 35.4 Å². The van der Waals surface area contributed by atoms with Crippen LogP contribution in [-0.4, -0.2) is 25.1 Å². The molecule has 0 saturated heterocycles. The molecule has 8 heteroatoms. The number of amides is 1. The molecule has 0 unspecified atom stereocenters. The second-order valence-corrected chi connectivity index (χ2v) is 8.80. The molecule has 3 heterocycles. The second-order valence-electron chi connectivity index (χ2n) is 7.79. The fourth-order valence-corrected chi connectivity index (χ4v) is 5.49. The van der Waals surface area contributed by atoms with Crippen molar-refractivity contribution in [2.24, 2.45) is 0 Å². The van der Waals surface area contributed by atoms with E-state index in [9.17, 15) is 9.59 Å². The third-order valence-corrected chi connectivity index (χ3v) is 7.03. The van der Waals surface area contributed by atoms with Crippen molar-refractivity contribution in [1.82, 2.24) is 4.98 Å². The largest absolute Gasteiger partial charge is 0.493 e. The highest BCUT2D eigenvalue weighted by molar-refractivity contribution is 7.22. The zero-order valence-corrected chi connectivity index (χ0v) is 19.1. The number of rotatable bonds is 4. The molecule has 0 bridgehead atoms. The lowest BCUT2D eigenvalue weighted by Crippen LogP contribution is -2.29. The van der Waals surface area contributed by atoms with Gasteiger partial charge in [-0.2, -0.15) is 0 Å². The highest BCUT2D eigenvalue weighted by Gasteiger charge is 2.46. The van der Waals surface area contributed by atoms with E-state index in [0.29, 0.717) is 33.2 Å². The molecule has 0 saturated carbocycles. The predicted molar refractivity (Wildman–Crippen MR) is 130 cm³/mol. The van der Waals surface area contributed by atoms with Crippen LogP contribution in [0.4, 0.5) is 5.13 Å². The quantitative estimate of drug-likeness (QED) is 0.360. The zero-order valence-electron chi connectivity index (χ0n) is 18.3. The molecule has 1 atom stereocenters. The van der Waals surface area contributed by atoms with Crippen molar-refractivity contribution in [3.05, 3.63) is 93.8 Å². The van der Waals surface area contributed by atoms with Gasteiger partial charge in [-0.15, -0.1) is 0 Å². The molecule has 2 aromatic heterocycles. The van der Waals surface area contributed by atoms with Crippen molar-refractivity contribution < 1.29 is 18.7 Å². The minimum absolute atomic E-state index is 0.0119. The highest BCUT2D eigenvalue weighted by atomic mass is 32.1. The van der Waals surface area contributed by atoms with Crippen LogP contribution in [0.3, 0.4) is 0 Å². The van der Waals surface area contributed by atoms with Crippen LogP contribution < -0.4 is 19.8 Å². The van der Waals surface area contributed by atoms with Crippen molar-refractivity contribution in [3.8, 4) is 11.5 Å². The molecular weight excluding hydrogens is 452 g/mol. The van der Waals surface area contributed by atoms with Crippen molar-refractivity contribution in [3.63, 3.8) is 0 Å². The molecule has 6 rings (SSSR count). The third kappa shape index (κ3) is 2.85. The Morgan fingerprint density at radius 3 is 2.53 bits per heavy atom. The molecule has 0 aliphatic carbocycles. The number of para-hydroxylation sites is 3. The summed E-state index contributed by atoms with van der Waals surface area (Å²) in [6, 6.07) is 19.2. The van der Waals surface area contributed by atoms with Gasteiger partial charge in [0.25, 0.3) is 5.91 Å². The zero-order chi connectivity index (χ0) is 23.4. The lowest BCUT2D eigenvalue weighted by molar-refractivity contribution is 0.0971. The van der Waals surface area contributed by atoms with Crippen LogP contribution in [0.1, 0.15) is 27.7 Å². The smallest absolute Gasteiger partial charge is 0.297 e. The Hall–Kier alpha value is -4.17. The van der Waals surface area contributed by atoms with Gasteiger partial charge in [-0.25, -0.2) is 4.98 Å². The van der Waals surface area contributed by atoms with E-state index in [4.69, 9.17) is 18.9 Å². The second kappa shape index (κ2) is 7.71. The van der Waals surface area contributed by atoms with Crippen LogP contribution in [0.15, 0.2) is 75.9 Å². The maximum Gasteiger partial charge on any atom is 0.297 e. The summed E-state index contributed by atoms with van der Waals surface area (Å²) >= 11 is 1.38. The molecule has 5 aromatic rings. The first-order valence-corrected chi connectivity index (χ1v) is 11.4. The molecule has 34 heavy (non-hydrogen) atoms. The Labute approximate surface area is 197 Å². The van der Waals surface area contributed by atoms with E-state index >= 15 is 0 Å². The minimum Gasteiger partial charge on any atom is -0.493 e. The van der Waals surface area contributed by atoms with Gasteiger partial charge in [0.15, 0.2) is 22.1 Å². The van der Waals surface area contributed by atoms with Crippen LogP contribution in [0, 0.1) is 0 Å². The summed E-state index contributed by atoms with van der Waals surface area (Å²) in [4.78, 5) is 33.8. The average molecular weight is 471 g/mol. The molecule has 1 aliphatic rings. The molecule has 7 nitrogen and oxygen atoms in total. The number of aromatic nitrogens is 1. The number of fused-ring (bicyclic) bond motifs is 3. The molecule has 0 fully saturated rings. The van der Waals surface area contributed by atoms with Crippen LogP contribution in [0.2, 0.25) is 0 Å². The number of carbonyl (C=O) groups is 1. The Kier molecular flexibility index (Phi) is 4.63. The maximum absolute atomic E-state index is 13.8. The summed E-state index contributed by atoms with van der Waals surface area (Å²) in [5, 5.41) is 0.878. The monoisotopic (exact) mass is 470 g/mol. The van der Waals surface area contributed by atoms with Gasteiger partial charge < -0.3 is 13.9 Å². The summed E-state index contributed by atoms with van der Waals surface area (Å²) in [5.74, 6) is 0.522. The normalized spacial score (nSPS) is 15.2. The summed E-state index contributed by atoms with van der Waals surface area (Å²) in [6.45, 7) is 0. The summed E-state index contributed by atoms with van der Waals surface area (Å²) in [7, 11) is 3.08. The van der Waals surface area contributed by atoms with Gasteiger partial charge in [-0.05, 0) is 30.3 Å². The number of hydrogen-bond donors (Lipinski definition) is 0. The molecule has 0 N–H and O–H groups in total. The Balaban J connectivity index is 1.68. The topological polar surface area (TPSA) is 81.9 Å². The molecule has 3 aromatic carbocycles. The number of ether oxygens (including phenoxy) is 2. The molecule has 168 valence electrons. The van der Waals surface area contributed by atoms with Gasteiger partial charge in [0.2, 0.25) is 5.76 Å². The lowest BCUT2D eigenvalue weighted by atomic mass is 9.97. The lowest BCUT2D eigenvalue weighted by Gasteiger charge is -2.24. The number of benzene rings is 3. The molecule has 0 radical (unpaired) electrons. The van der Waals surface area contributed by atoms with Crippen LogP contribution in [-0.2, 0) is 0 Å². The minimum atomic E-state index is -0.797. The summed E-state index contributed by atoms with van der Waals surface area (Å²) in [5.41, 5.74) is 1.74. The first-order chi connectivity index (χ1) is 16.6. The van der Waals surface area contributed by atoms with E-state index in [0.717, 1.165) is 10.2 Å². The number of nitrogens with zero attached hydrogens (tertiary/aromatic N) is 2. The fraction of sp³-hybridized carbons (Fsp3) is 0.115. The molecule has 0 spiro atoms. The molecule has 1 amide bonds. The van der Waals surface area contributed by atoms with Gasteiger partial charge in [-0.1, -0.05) is 47.7 Å². The van der Waals surface area contributed by atoms with E-state index in [2.05, 4.69) is 0 Å². The number of thiazole rings is 1. The number of anilines is 1. The number of methoxy groups -OCH3 is 2. The van der Waals surface area contributed by atoms with Gasteiger partial charge >= 0.3 is 0 Å². The fourth-order valence-electron chi connectivity index (χ4n) is 4.50. The molecular formula is C26H18N2O5S. The third-order valence-electron chi connectivity index (χ3n) is 5.99. The van der Waals surface area contributed by atoms with E-state index in [-0.39, 0.29) is 16.8 Å². The summed E-state index contributed by atoms with van der Waals surface area (Å²) < 4.78 is 18.1. The predicted octanol–water partition coefficient (Wildman–Crippen LogP) is 5.17. The van der Waals surface area contributed by atoms with E-state index in [1.807, 2.05) is 30.3 Å². The Morgan fingerprint density at radius 1 is 0.941 bits per heavy atom. The van der Waals surface area contributed by atoms with Crippen LogP contribution in [0.25, 0.3) is 21.2 Å². The number of hydrogen-bond acceptors (Lipinski definition) is 7. The summed E-state index contributed by atoms with van der Waals surface area (Å²) in [6.07, 6.45) is 0. The van der Waals surface area contributed by atoms with Crippen molar-refractivity contribution in [2.75, 3.05) is 19.1 Å². The van der Waals surface area contributed by atoms with Gasteiger partial charge in [0, 0.05) is 5.56 Å². The van der Waals surface area contributed by atoms with Crippen LogP contribution in [0.5, 0.6) is 11.5 Å². The first kappa shape index (κ1) is 20.4. The SMILES string of the molecule is COc1cccc([C@@H]2c3c(oc4ccccc4c3=O)C(=O)N2c2nc3ccccc3s2)c1OC. The van der Waals surface area contributed by atoms with Crippen molar-refractivity contribution in [1.29, 1.82) is 0 Å². The van der Waals surface area contributed by atoms with Gasteiger partial charge in [-0.3, -0.25) is 14.5 Å². The van der Waals surface area contributed by atoms with Crippen molar-refractivity contribution in [2.45, 2.75) is 6.04 Å². The Bertz CT molecular complexity index is 1620. The maximum atomic E-state index is 13.8. The Morgan fingerprint density at radius 2 is 1.74 bits per heavy atom. The van der Waals surface area contributed by atoms with Crippen molar-refractivity contribution >= 4 is 43.6 Å². The highest BCUT2D eigenvalue weighted by Crippen LogP contribution is 2.47. The van der Waals surface area contributed by atoms with E-state index < -0.39 is 11.9 Å². The molecule has 1 aliphatic heterocycles. The average Bonchev–Trinajstić information content (AvgIpc) is 3.42. The number of carbonyl (C=O) groups excluding carboxylic acids is 1.